The molecule has 2 aromatic rings. The summed E-state index contributed by atoms with van der Waals surface area (Å²) in [4.78, 5) is 10.6. The molecule has 2 aromatic carbocycles. The molecule has 0 aromatic heterocycles. The van der Waals surface area contributed by atoms with Crippen molar-refractivity contribution in [3.05, 3.63) is 42.0 Å². The van der Waals surface area contributed by atoms with Crippen LogP contribution >= 0.6 is 0 Å². The van der Waals surface area contributed by atoms with Gasteiger partial charge in [0.15, 0.2) is 0 Å². The smallest absolute Gasteiger partial charge is 0.133 e. The molecule has 0 heterocycles. The number of aromatic hydroxyl groups is 1. The molecule has 40 heavy (non-hydrogen) atoms. The van der Waals surface area contributed by atoms with E-state index in [-0.39, 0.29) is 11.3 Å². The van der Waals surface area contributed by atoms with Gasteiger partial charge in [-0.15, -0.1) is 0 Å². The predicted molar refractivity (Wildman–Crippen MR) is 170 cm³/mol. The topological polar surface area (TPSA) is 60.4 Å². The number of carbonyl (C=O) groups excluding carboxylic acids is 1. The number of rotatable bonds is 22. The number of hydrogen-bond acceptors (Lipinski definition) is 3. The second-order valence-electron chi connectivity index (χ2n) is 12.6. The maximum atomic E-state index is 10.6. The summed E-state index contributed by atoms with van der Waals surface area (Å²) in [5.41, 5.74) is -0.233. The first-order chi connectivity index (χ1) is 19.2. The maximum absolute atomic E-state index is 10.6. The molecule has 0 aliphatic carbocycles. The lowest BCUT2D eigenvalue weighted by atomic mass is 10.0. The van der Waals surface area contributed by atoms with E-state index in [0.717, 1.165) is 4.48 Å². The van der Waals surface area contributed by atoms with Crippen molar-refractivity contribution >= 4 is 16.7 Å². The molecule has 0 aliphatic heterocycles. The van der Waals surface area contributed by atoms with Crippen LogP contribution in [0.1, 0.15) is 146 Å². The van der Waals surface area contributed by atoms with E-state index in [1.165, 1.54) is 141 Å². The lowest BCUT2D eigenvalue weighted by molar-refractivity contribution is -0.870. The summed E-state index contributed by atoms with van der Waals surface area (Å²) in [6.45, 7) is 3.63. The Hall–Kier alpha value is -2.07. The van der Waals surface area contributed by atoms with Crippen LogP contribution in [-0.4, -0.2) is 43.2 Å². The highest BCUT2D eigenvalue weighted by molar-refractivity contribution is 5.96. The predicted octanol–water partition coefficient (Wildman–Crippen LogP) is 9.22. The van der Waals surface area contributed by atoms with Crippen molar-refractivity contribution < 1.29 is 19.5 Å². The Morgan fingerprint density at radius 2 is 1.10 bits per heavy atom. The Morgan fingerprint density at radius 3 is 1.50 bits per heavy atom. The Bertz CT molecular complexity index is 903. The monoisotopic (exact) mass is 554 g/mol. The Morgan fingerprint density at radius 1 is 0.700 bits per heavy atom. The van der Waals surface area contributed by atoms with Gasteiger partial charge in [0.05, 0.1) is 33.7 Å². The first-order valence-electron chi connectivity index (χ1n) is 16.4. The summed E-state index contributed by atoms with van der Waals surface area (Å²) in [7, 11) is 6.90. The van der Waals surface area contributed by atoms with Crippen molar-refractivity contribution in [2.24, 2.45) is 0 Å². The van der Waals surface area contributed by atoms with Gasteiger partial charge >= 0.3 is 0 Å². The fraction of sp³-hybridized carbons (Fsp3) is 0.694. The third-order valence-electron chi connectivity index (χ3n) is 7.67. The molecule has 227 valence electrons. The molecule has 0 spiro atoms. The van der Waals surface area contributed by atoms with Crippen LogP contribution in [0.15, 0.2) is 30.3 Å². The number of nitrogens with zero attached hydrogens (tertiary/aromatic N) is 1. The van der Waals surface area contributed by atoms with Crippen LogP contribution in [-0.2, 0) is 0 Å². The van der Waals surface area contributed by atoms with Crippen LogP contribution in [0.2, 0.25) is 0 Å². The Balaban J connectivity index is 0.000000473. The molecule has 4 heteroatoms. The molecule has 0 aliphatic rings. The van der Waals surface area contributed by atoms with Crippen molar-refractivity contribution in [1.82, 2.24) is 0 Å². The lowest BCUT2D eigenvalue weighted by Gasteiger charge is -2.23. The zero-order chi connectivity index (χ0) is 29.5. The van der Waals surface area contributed by atoms with Crippen molar-refractivity contribution in [3.63, 3.8) is 0 Å². The molecule has 2 rings (SSSR count). The number of aromatic carboxylic acids is 1. The molecule has 0 saturated heterocycles. The highest BCUT2D eigenvalue weighted by Gasteiger charge is 2.05. The van der Waals surface area contributed by atoms with Crippen LogP contribution < -0.4 is 5.11 Å². The molecule has 1 N–H and O–H groups in total. The first kappa shape index (κ1) is 36.0. The average Bonchev–Trinajstić information content (AvgIpc) is 2.91. The second-order valence-corrected chi connectivity index (χ2v) is 12.6. The number of carboxylic acids is 1. The highest BCUT2D eigenvalue weighted by atomic mass is 16.4. The van der Waals surface area contributed by atoms with Gasteiger partial charge in [-0.05, 0) is 29.7 Å². The molecule has 0 unspecified atom stereocenters. The van der Waals surface area contributed by atoms with E-state index in [0.29, 0.717) is 10.8 Å². The second kappa shape index (κ2) is 22.6. The summed E-state index contributed by atoms with van der Waals surface area (Å²) in [6.07, 6.45) is 29.3. The van der Waals surface area contributed by atoms with Gasteiger partial charge in [-0.1, -0.05) is 147 Å². The van der Waals surface area contributed by atoms with E-state index in [9.17, 15) is 15.0 Å². The molecule has 0 atom stereocenters. The summed E-state index contributed by atoms with van der Waals surface area (Å²) in [5, 5.41) is 21.3. The van der Waals surface area contributed by atoms with Crippen LogP contribution in [0.25, 0.3) is 10.8 Å². The summed E-state index contributed by atoms with van der Waals surface area (Å²) in [6, 6.07) is 11.0. The third-order valence-corrected chi connectivity index (χ3v) is 7.67. The minimum absolute atomic E-state index is 0.233. The number of carboxylic acid groups (broad SMARTS) is 1. The fourth-order valence-corrected chi connectivity index (χ4v) is 5.15. The third kappa shape index (κ3) is 19.1. The van der Waals surface area contributed by atoms with Gasteiger partial charge in [-0.3, -0.25) is 0 Å². The van der Waals surface area contributed by atoms with Gasteiger partial charge < -0.3 is 19.5 Å². The van der Waals surface area contributed by atoms with Crippen LogP contribution in [0.4, 0.5) is 0 Å². The van der Waals surface area contributed by atoms with Crippen molar-refractivity contribution in [1.29, 1.82) is 0 Å². The summed E-state index contributed by atoms with van der Waals surface area (Å²) in [5.74, 6) is -1.78. The minimum atomic E-state index is -1.40. The van der Waals surface area contributed by atoms with Gasteiger partial charge in [-0.25, -0.2) is 0 Å². The van der Waals surface area contributed by atoms with Gasteiger partial charge in [0.2, 0.25) is 0 Å². The van der Waals surface area contributed by atoms with Crippen LogP contribution in [0.5, 0.6) is 5.75 Å². The first-order valence-corrected chi connectivity index (χ1v) is 16.4. The van der Waals surface area contributed by atoms with Crippen LogP contribution in [0, 0.1) is 6.07 Å². The van der Waals surface area contributed by atoms with Crippen LogP contribution in [0.3, 0.4) is 0 Å². The zero-order valence-corrected chi connectivity index (χ0v) is 26.4. The van der Waals surface area contributed by atoms with Crippen molar-refractivity contribution in [2.45, 2.75) is 135 Å². The van der Waals surface area contributed by atoms with E-state index < -0.39 is 5.97 Å². The van der Waals surface area contributed by atoms with E-state index in [4.69, 9.17) is 0 Å². The van der Waals surface area contributed by atoms with E-state index >= 15 is 0 Å². The van der Waals surface area contributed by atoms with Crippen molar-refractivity contribution in [3.8, 4) is 5.75 Å². The normalized spacial score (nSPS) is 11.4. The minimum Gasteiger partial charge on any atom is -0.545 e. The highest BCUT2D eigenvalue weighted by Crippen LogP contribution is 2.23. The number of benzene rings is 2. The van der Waals surface area contributed by atoms with Crippen molar-refractivity contribution in [2.75, 3.05) is 27.7 Å². The lowest BCUT2D eigenvalue weighted by Crippen LogP contribution is -2.35. The Kier molecular flexibility index (Phi) is 20.3. The van der Waals surface area contributed by atoms with E-state index in [1.54, 1.807) is 24.3 Å². The number of fused-ring (bicyclic) bond motifs is 1. The number of hydrogen-bond donors (Lipinski definition) is 1. The zero-order valence-electron chi connectivity index (χ0n) is 26.4. The van der Waals surface area contributed by atoms with Gasteiger partial charge in [0.25, 0.3) is 0 Å². The molecule has 0 amide bonds. The molecular formula is C36H60NO3. The molecule has 0 fully saturated rings. The quantitative estimate of drug-likeness (QED) is 0.117. The number of quaternary nitrogens is 1. The number of unbranched alkanes of at least 4 members (excludes halogenated alkanes) is 19. The number of carbonyl (C=O) groups is 1. The van der Waals surface area contributed by atoms with Gasteiger partial charge in [0.1, 0.15) is 5.75 Å². The van der Waals surface area contributed by atoms with E-state index in [1.807, 2.05) is 0 Å². The standard InChI is InChI=1S/C25H54N.C11H7O3/c1-5-6-7-8-9-10-11-12-13-14-15-16-17-18-19-20-21-22-23-24-25-26(2,3)4;12-10-6-8-4-2-1-3-7(8)5-9(10)11(13)14/h5-25H2,1-4H3;1-5,12H,(H,13,14)/q+1;/p-1. The fourth-order valence-electron chi connectivity index (χ4n) is 5.15. The SMILES string of the molecule is CCCCCCCCCCCCCCCCCCCCCC[N+](C)(C)C.O=C([O-])c1cc2ccccc2[c]c1O. The molecular weight excluding hydrogens is 494 g/mol. The largest absolute Gasteiger partial charge is 0.545 e. The number of phenols is 1. The van der Waals surface area contributed by atoms with Gasteiger partial charge in [-0.2, -0.15) is 0 Å². The van der Waals surface area contributed by atoms with Gasteiger partial charge in [0, 0.05) is 11.6 Å². The molecule has 1 radical (unpaired) electrons. The molecule has 4 nitrogen and oxygen atoms in total. The molecule has 0 bridgehead atoms. The molecule has 0 saturated carbocycles. The maximum Gasteiger partial charge on any atom is 0.133 e. The average molecular weight is 555 g/mol. The summed E-state index contributed by atoms with van der Waals surface area (Å²) >= 11 is 0. The summed E-state index contributed by atoms with van der Waals surface area (Å²) < 4.78 is 1.12. The van der Waals surface area contributed by atoms with E-state index in [2.05, 4.69) is 34.1 Å². The Labute approximate surface area is 246 Å².